The second kappa shape index (κ2) is 8.92. The largest absolute Gasteiger partial charge is 0.497 e. The summed E-state index contributed by atoms with van der Waals surface area (Å²) in [6, 6.07) is 19.7. The average Bonchev–Trinajstić information content (AvgIpc) is 2.79. The summed E-state index contributed by atoms with van der Waals surface area (Å²) in [6.07, 6.45) is 3.18. The number of ether oxygens (including phenoxy) is 1. The van der Waals surface area contributed by atoms with Crippen molar-refractivity contribution in [3.8, 4) is 16.9 Å². The molecule has 2 aromatic heterocycles. The molecule has 2 aromatic carbocycles. The number of rotatable bonds is 6. The second-order valence-electron chi connectivity index (χ2n) is 6.58. The van der Waals surface area contributed by atoms with Gasteiger partial charge < -0.3 is 4.74 Å². The van der Waals surface area contributed by atoms with E-state index < -0.39 is 0 Å². The predicted molar refractivity (Wildman–Crippen MR) is 120 cm³/mol. The van der Waals surface area contributed by atoms with Gasteiger partial charge in [0, 0.05) is 23.8 Å². The third kappa shape index (κ3) is 4.41. The number of hydrogen-bond acceptors (Lipinski definition) is 6. The predicted octanol–water partition coefficient (Wildman–Crippen LogP) is 4.82. The van der Waals surface area contributed by atoms with Gasteiger partial charge in [-0.05, 0) is 42.3 Å². The number of carbonyl (C=O) groups is 1. The molecule has 6 nitrogen and oxygen atoms in total. The zero-order chi connectivity index (χ0) is 20.9. The van der Waals surface area contributed by atoms with E-state index in [1.54, 1.807) is 25.6 Å². The highest BCUT2D eigenvalue weighted by Gasteiger charge is 2.18. The number of nitrogens with one attached hydrogen (secondary N) is 1. The Morgan fingerprint density at radius 1 is 1.03 bits per heavy atom. The van der Waals surface area contributed by atoms with Crippen LogP contribution in [0.1, 0.15) is 6.92 Å². The van der Waals surface area contributed by atoms with E-state index in [-0.39, 0.29) is 17.1 Å². The Bertz CT molecular complexity index is 1170. The number of benzene rings is 2. The average molecular weight is 417 g/mol. The first-order valence-corrected chi connectivity index (χ1v) is 10.3. The van der Waals surface area contributed by atoms with Gasteiger partial charge >= 0.3 is 0 Å². The van der Waals surface area contributed by atoms with Crippen LogP contribution in [0.3, 0.4) is 0 Å². The summed E-state index contributed by atoms with van der Waals surface area (Å²) in [5, 5.41) is 4.14. The third-order valence-corrected chi connectivity index (χ3v) is 5.56. The summed E-state index contributed by atoms with van der Waals surface area (Å²) in [6.45, 7) is 1.84. The molecule has 1 atom stereocenters. The molecular weight excluding hydrogens is 396 g/mol. The molecule has 0 bridgehead atoms. The molecule has 1 N–H and O–H groups in total. The van der Waals surface area contributed by atoms with Crippen molar-refractivity contribution in [2.75, 3.05) is 12.4 Å². The highest BCUT2D eigenvalue weighted by Crippen LogP contribution is 2.34. The van der Waals surface area contributed by atoms with Crippen molar-refractivity contribution in [3.05, 3.63) is 73.1 Å². The lowest BCUT2D eigenvalue weighted by Gasteiger charge is -2.14. The molecular formula is C23H20N4O2S. The summed E-state index contributed by atoms with van der Waals surface area (Å²) < 4.78 is 5.37. The molecule has 4 rings (SSSR count). The van der Waals surface area contributed by atoms with E-state index in [2.05, 4.69) is 27.4 Å². The number of thioether (sulfide) groups is 1. The molecule has 1 unspecified atom stereocenters. The fourth-order valence-corrected chi connectivity index (χ4v) is 3.90. The van der Waals surface area contributed by atoms with Gasteiger partial charge in [-0.2, -0.15) is 0 Å². The molecule has 0 aliphatic heterocycles. The minimum Gasteiger partial charge on any atom is -0.497 e. The van der Waals surface area contributed by atoms with Gasteiger partial charge in [-0.25, -0.2) is 15.0 Å². The number of aromatic nitrogens is 3. The fraction of sp³-hybridized carbons (Fsp3) is 0.130. The molecule has 1 amide bonds. The molecule has 0 saturated heterocycles. The first-order valence-electron chi connectivity index (χ1n) is 9.43. The molecule has 0 radical (unpaired) electrons. The van der Waals surface area contributed by atoms with Crippen LogP contribution in [0.25, 0.3) is 22.0 Å². The van der Waals surface area contributed by atoms with E-state index in [1.165, 1.54) is 11.8 Å². The first kappa shape index (κ1) is 19.8. The van der Waals surface area contributed by atoms with Crippen molar-refractivity contribution in [2.45, 2.75) is 17.2 Å². The molecule has 0 saturated carbocycles. The van der Waals surface area contributed by atoms with Crippen LogP contribution in [0, 0.1) is 0 Å². The molecule has 30 heavy (non-hydrogen) atoms. The van der Waals surface area contributed by atoms with E-state index >= 15 is 0 Å². The Labute approximate surface area is 178 Å². The highest BCUT2D eigenvalue weighted by atomic mass is 32.2. The van der Waals surface area contributed by atoms with Crippen LogP contribution in [0.4, 0.5) is 5.95 Å². The summed E-state index contributed by atoms with van der Waals surface area (Å²) in [7, 11) is 1.63. The monoisotopic (exact) mass is 416 g/mol. The van der Waals surface area contributed by atoms with Crippen LogP contribution in [0.15, 0.2) is 78.1 Å². The molecule has 0 aliphatic rings. The van der Waals surface area contributed by atoms with Crippen molar-refractivity contribution in [1.82, 2.24) is 15.0 Å². The quantitative estimate of drug-likeness (QED) is 0.454. The molecule has 0 aliphatic carbocycles. The molecule has 2 heterocycles. The van der Waals surface area contributed by atoms with E-state index in [4.69, 9.17) is 9.72 Å². The molecule has 150 valence electrons. The van der Waals surface area contributed by atoms with Gasteiger partial charge in [0.1, 0.15) is 5.75 Å². The second-order valence-corrected chi connectivity index (χ2v) is 7.94. The lowest BCUT2D eigenvalue weighted by Crippen LogP contribution is -2.23. The summed E-state index contributed by atoms with van der Waals surface area (Å²) in [5.74, 6) is 0.847. The van der Waals surface area contributed by atoms with Crippen LogP contribution in [0.2, 0.25) is 0 Å². The smallest absolute Gasteiger partial charge is 0.239 e. The highest BCUT2D eigenvalue weighted by molar-refractivity contribution is 8.00. The Hall–Kier alpha value is -3.45. The van der Waals surface area contributed by atoms with Gasteiger partial charge in [0.15, 0.2) is 0 Å². The number of anilines is 1. The van der Waals surface area contributed by atoms with Gasteiger partial charge in [-0.1, -0.05) is 42.1 Å². The number of methoxy groups -OCH3 is 1. The zero-order valence-electron chi connectivity index (χ0n) is 16.6. The number of nitrogens with zero attached hydrogens (tertiary/aromatic N) is 3. The SMILES string of the molecule is COc1ccc2c(-c3ccccc3)cc(SC(C)C(=O)Nc3ncccn3)nc2c1. The van der Waals surface area contributed by atoms with Gasteiger partial charge in [-0.3, -0.25) is 10.1 Å². The Kier molecular flexibility index (Phi) is 5.90. The maximum absolute atomic E-state index is 12.6. The normalized spacial score (nSPS) is 11.8. The number of carbonyl (C=O) groups excluding carboxylic acids is 1. The first-order chi connectivity index (χ1) is 14.6. The van der Waals surface area contributed by atoms with Crippen molar-refractivity contribution in [3.63, 3.8) is 0 Å². The van der Waals surface area contributed by atoms with Crippen LogP contribution >= 0.6 is 11.8 Å². The lowest BCUT2D eigenvalue weighted by atomic mass is 10.0. The standard InChI is InChI=1S/C23H20N4O2S/c1-15(22(28)27-23-24-11-6-12-25-23)30-21-14-19(16-7-4-3-5-8-16)18-10-9-17(29-2)13-20(18)26-21/h3-15H,1-2H3,(H,24,25,27,28). The summed E-state index contributed by atoms with van der Waals surface area (Å²) >= 11 is 1.39. The maximum Gasteiger partial charge on any atom is 0.239 e. The summed E-state index contributed by atoms with van der Waals surface area (Å²) in [5.41, 5.74) is 2.97. The van der Waals surface area contributed by atoms with Crippen molar-refractivity contribution >= 4 is 34.5 Å². The van der Waals surface area contributed by atoms with E-state index in [9.17, 15) is 4.79 Å². The van der Waals surface area contributed by atoms with Gasteiger partial charge in [0.05, 0.1) is 22.9 Å². The van der Waals surface area contributed by atoms with Crippen molar-refractivity contribution in [1.29, 1.82) is 0 Å². The van der Waals surface area contributed by atoms with E-state index in [0.717, 1.165) is 32.8 Å². The third-order valence-electron chi connectivity index (χ3n) is 4.55. The fourth-order valence-electron chi connectivity index (χ4n) is 3.04. The van der Waals surface area contributed by atoms with E-state index in [1.807, 2.05) is 49.4 Å². The van der Waals surface area contributed by atoms with Crippen LogP contribution in [-0.2, 0) is 4.79 Å². The van der Waals surface area contributed by atoms with E-state index in [0.29, 0.717) is 0 Å². The van der Waals surface area contributed by atoms with Crippen molar-refractivity contribution in [2.24, 2.45) is 0 Å². The molecule has 0 spiro atoms. The maximum atomic E-state index is 12.6. The number of hydrogen-bond donors (Lipinski definition) is 1. The Balaban J connectivity index is 1.67. The zero-order valence-corrected chi connectivity index (χ0v) is 17.4. The Morgan fingerprint density at radius 3 is 2.53 bits per heavy atom. The topological polar surface area (TPSA) is 77.0 Å². The van der Waals surface area contributed by atoms with Gasteiger partial charge in [0.25, 0.3) is 0 Å². The number of pyridine rings is 1. The van der Waals surface area contributed by atoms with Crippen LogP contribution < -0.4 is 10.1 Å². The Morgan fingerprint density at radius 2 is 1.80 bits per heavy atom. The molecule has 4 aromatic rings. The number of amides is 1. The lowest BCUT2D eigenvalue weighted by molar-refractivity contribution is -0.115. The number of fused-ring (bicyclic) bond motifs is 1. The van der Waals surface area contributed by atoms with Crippen LogP contribution in [0.5, 0.6) is 5.75 Å². The van der Waals surface area contributed by atoms with Crippen molar-refractivity contribution < 1.29 is 9.53 Å². The summed E-state index contributed by atoms with van der Waals surface area (Å²) in [4.78, 5) is 25.4. The van der Waals surface area contributed by atoms with Crippen LogP contribution in [-0.4, -0.2) is 33.2 Å². The molecule has 0 fully saturated rings. The minimum absolute atomic E-state index is 0.181. The van der Waals surface area contributed by atoms with Gasteiger partial charge in [0.2, 0.25) is 11.9 Å². The van der Waals surface area contributed by atoms with Gasteiger partial charge in [-0.15, -0.1) is 0 Å². The minimum atomic E-state index is -0.381. The molecule has 7 heteroatoms.